The van der Waals surface area contributed by atoms with E-state index in [0.717, 1.165) is 24.3 Å². The Bertz CT molecular complexity index is 421. The van der Waals surface area contributed by atoms with E-state index in [2.05, 4.69) is 22.8 Å². The summed E-state index contributed by atoms with van der Waals surface area (Å²) in [7, 11) is 1.75. The molecule has 1 aromatic rings. The minimum atomic E-state index is 0.484. The Hall–Kier alpha value is -1.62. The second-order valence-electron chi connectivity index (χ2n) is 4.04. The molecule has 0 amide bonds. The number of nitrogens with one attached hydrogen (secondary N) is 2. The van der Waals surface area contributed by atoms with Gasteiger partial charge >= 0.3 is 0 Å². The van der Waals surface area contributed by atoms with Crippen LogP contribution in [0.25, 0.3) is 0 Å². The first-order chi connectivity index (χ1) is 9.27. The predicted molar refractivity (Wildman–Crippen MR) is 83.8 cm³/mol. The van der Waals surface area contributed by atoms with Crippen molar-refractivity contribution in [3.05, 3.63) is 29.8 Å². The van der Waals surface area contributed by atoms with Gasteiger partial charge in [0.05, 0.1) is 12.8 Å². The monoisotopic (exact) mass is 279 g/mol. The van der Waals surface area contributed by atoms with Crippen LogP contribution in [0.15, 0.2) is 29.4 Å². The number of thiocarbonyl (C=S) groups is 1. The van der Waals surface area contributed by atoms with Gasteiger partial charge in [0.2, 0.25) is 0 Å². The number of ether oxygens (including phenoxy) is 1. The minimum Gasteiger partial charge on any atom is -0.493 e. The van der Waals surface area contributed by atoms with Crippen molar-refractivity contribution in [2.24, 2.45) is 5.10 Å². The molecule has 0 fully saturated rings. The molecule has 1 rings (SSSR count). The van der Waals surface area contributed by atoms with Gasteiger partial charge in [0.15, 0.2) is 5.11 Å². The van der Waals surface area contributed by atoms with Crippen LogP contribution in [0.2, 0.25) is 0 Å². The van der Waals surface area contributed by atoms with Crippen LogP contribution in [0.3, 0.4) is 0 Å². The number of benzene rings is 1. The van der Waals surface area contributed by atoms with Gasteiger partial charge in [0.1, 0.15) is 5.75 Å². The first-order valence-corrected chi connectivity index (χ1v) is 6.91. The van der Waals surface area contributed by atoms with Crippen molar-refractivity contribution in [2.75, 3.05) is 13.7 Å². The summed E-state index contributed by atoms with van der Waals surface area (Å²) in [5.41, 5.74) is 3.65. The summed E-state index contributed by atoms with van der Waals surface area (Å²) in [4.78, 5) is 0. The van der Waals surface area contributed by atoms with Crippen LogP contribution in [0.4, 0.5) is 0 Å². The fourth-order valence-corrected chi connectivity index (χ4v) is 1.52. The molecule has 0 aliphatic heterocycles. The molecule has 0 aliphatic rings. The third-order valence-corrected chi connectivity index (χ3v) is 2.82. The molecule has 2 N–H and O–H groups in total. The number of para-hydroxylation sites is 1. The zero-order valence-electron chi connectivity index (χ0n) is 11.5. The highest BCUT2D eigenvalue weighted by molar-refractivity contribution is 7.80. The molecule has 0 aromatic heterocycles. The zero-order chi connectivity index (χ0) is 13.9. The van der Waals surface area contributed by atoms with Crippen LogP contribution in [0, 0.1) is 0 Å². The Morgan fingerprint density at radius 3 is 2.89 bits per heavy atom. The van der Waals surface area contributed by atoms with Crippen molar-refractivity contribution in [3.63, 3.8) is 0 Å². The molecule has 0 atom stereocenters. The van der Waals surface area contributed by atoms with Crippen molar-refractivity contribution in [1.82, 2.24) is 10.7 Å². The lowest BCUT2D eigenvalue weighted by molar-refractivity contribution is 0.306. The average Bonchev–Trinajstić information content (AvgIpc) is 2.44. The lowest BCUT2D eigenvalue weighted by Crippen LogP contribution is -2.28. The van der Waals surface area contributed by atoms with Gasteiger partial charge in [-0.15, -0.1) is 0 Å². The van der Waals surface area contributed by atoms with Gasteiger partial charge in [-0.2, -0.15) is 5.10 Å². The molecular weight excluding hydrogens is 258 g/mol. The number of unbranched alkanes of at least 4 members (excludes halogenated alkanes) is 2. The maximum atomic E-state index is 5.76. The second-order valence-corrected chi connectivity index (χ2v) is 4.45. The van der Waals surface area contributed by atoms with Gasteiger partial charge in [0.25, 0.3) is 0 Å². The largest absolute Gasteiger partial charge is 0.493 e. The van der Waals surface area contributed by atoms with E-state index in [1.165, 1.54) is 12.8 Å². The highest BCUT2D eigenvalue weighted by atomic mass is 32.1. The van der Waals surface area contributed by atoms with Gasteiger partial charge in [0, 0.05) is 12.6 Å². The summed E-state index contributed by atoms with van der Waals surface area (Å²) in [6.07, 6.45) is 5.16. The van der Waals surface area contributed by atoms with Gasteiger partial charge in [-0.3, -0.25) is 5.43 Å². The smallest absolute Gasteiger partial charge is 0.186 e. The van der Waals surface area contributed by atoms with Crippen LogP contribution in [-0.2, 0) is 0 Å². The molecule has 0 aliphatic carbocycles. The average molecular weight is 279 g/mol. The number of rotatable bonds is 7. The summed E-state index contributed by atoms with van der Waals surface area (Å²) in [6, 6.07) is 7.82. The Balaban J connectivity index is 2.54. The van der Waals surface area contributed by atoms with Crippen LogP contribution >= 0.6 is 12.2 Å². The topological polar surface area (TPSA) is 45.6 Å². The predicted octanol–water partition coefficient (Wildman–Crippen LogP) is 2.68. The van der Waals surface area contributed by atoms with E-state index in [1.807, 2.05) is 24.3 Å². The first-order valence-electron chi connectivity index (χ1n) is 6.50. The fraction of sp³-hybridized carbons (Fsp3) is 0.429. The number of hydrazone groups is 1. The minimum absolute atomic E-state index is 0.484. The van der Waals surface area contributed by atoms with Crippen molar-refractivity contribution in [3.8, 4) is 5.75 Å². The van der Waals surface area contributed by atoms with Gasteiger partial charge in [-0.25, -0.2) is 0 Å². The van der Waals surface area contributed by atoms with Crippen LogP contribution in [0.5, 0.6) is 5.75 Å². The normalized spacial score (nSPS) is 10.4. The van der Waals surface area contributed by atoms with Gasteiger partial charge < -0.3 is 10.1 Å². The molecule has 0 heterocycles. The fourth-order valence-electron chi connectivity index (χ4n) is 1.47. The molecule has 0 spiro atoms. The van der Waals surface area contributed by atoms with Crippen molar-refractivity contribution in [2.45, 2.75) is 26.2 Å². The van der Waals surface area contributed by atoms with E-state index >= 15 is 0 Å². The van der Waals surface area contributed by atoms with E-state index in [4.69, 9.17) is 17.0 Å². The maximum absolute atomic E-state index is 5.76. The van der Waals surface area contributed by atoms with E-state index in [9.17, 15) is 0 Å². The molecular formula is C14H21N3OS. The number of nitrogens with zero attached hydrogens (tertiary/aromatic N) is 1. The van der Waals surface area contributed by atoms with Crippen molar-refractivity contribution in [1.29, 1.82) is 0 Å². The van der Waals surface area contributed by atoms with E-state index in [1.54, 1.807) is 13.3 Å². The molecule has 19 heavy (non-hydrogen) atoms. The van der Waals surface area contributed by atoms with E-state index in [0.29, 0.717) is 5.11 Å². The molecule has 0 saturated heterocycles. The third-order valence-electron chi connectivity index (χ3n) is 2.52. The summed E-state index contributed by atoms with van der Waals surface area (Å²) < 4.78 is 5.76. The van der Waals surface area contributed by atoms with Gasteiger partial charge in [-0.1, -0.05) is 31.9 Å². The molecule has 1 aromatic carbocycles. The van der Waals surface area contributed by atoms with Gasteiger partial charge in [-0.05, 0) is 30.8 Å². The number of hydrogen-bond acceptors (Lipinski definition) is 3. The Morgan fingerprint density at radius 1 is 1.37 bits per heavy atom. The summed E-state index contributed by atoms with van der Waals surface area (Å²) >= 11 is 4.94. The highest BCUT2D eigenvalue weighted by Gasteiger charge is 2.00. The quantitative estimate of drug-likeness (QED) is 0.349. The molecule has 0 bridgehead atoms. The standard InChI is InChI=1S/C14H21N3OS/c1-3-4-7-10-18-13-9-6-5-8-12(13)11-16-17-14(19)15-2/h5-6,8-9,11H,3-4,7,10H2,1-2H3,(H2,15,17,19)/b16-11+. The van der Waals surface area contributed by atoms with Crippen molar-refractivity contribution >= 4 is 23.5 Å². The summed E-state index contributed by atoms with van der Waals surface area (Å²) in [6.45, 7) is 2.91. The highest BCUT2D eigenvalue weighted by Crippen LogP contribution is 2.16. The zero-order valence-corrected chi connectivity index (χ0v) is 12.3. The first kappa shape index (κ1) is 15.4. The molecule has 0 radical (unpaired) electrons. The van der Waals surface area contributed by atoms with Crippen LogP contribution in [-0.4, -0.2) is 25.0 Å². The third kappa shape index (κ3) is 6.20. The van der Waals surface area contributed by atoms with Crippen LogP contribution in [0.1, 0.15) is 31.7 Å². The molecule has 0 unspecified atom stereocenters. The maximum Gasteiger partial charge on any atom is 0.186 e. The molecule has 0 saturated carbocycles. The lowest BCUT2D eigenvalue weighted by atomic mass is 10.2. The second kappa shape index (κ2) is 9.33. The number of hydrogen-bond donors (Lipinski definition) is 2. The van der Waals surface area contributed by atoms with E-state index < -0.39 is 0 Å². The Kier molecular flexibility index (Phi) is 7.58. The Morgan fingerprint density at radius 2 is 2.16 bits per heavy atom. The van der Waals surface area contributed by atoms with E-state index in [-0.39, 0.29) is 0 Å². The molecule has 5 heteroatoms. The molecule has 4 nitrogen and oxygen atoms in total. The summed E-state index contributed by atoms with van der Waals surface area (Å²) in [5.74, 6) is 0.847. The SMILES string of the molecule is CCCCCOc1ccccc1/C=N/NC(=S)NC. The Labute approximate surface area is 120 Å². The van der Waals surface area contributed by atoms with Crippen LogP contribution < -0.4 is 15.5 Å². The lowest BCUT2D eigenvalue weighted by Gasteiger charge is -2.08. The summed E-state index contributed by atoms with van der Waals surface area (Å²) in [5, 5.41) is 7.33. The molecule has 104 valence electrons. The van der Waals surface area contributed by atoms with Crippen molar-refractivity contribution < 1.29 is 4.74 Å².